The summed E-state index contributed by atoms with van der Waals surface area (Å²) in [4.78, 5) is 0. The monoisotopic (exact) mass is 450 g/mol. The van der Waals surface area contributed by atoms with E-state index in [9.17, 15) is 0 Å². The third kappa shape index (κ3) is 4.56. The Morgan fingerprint density at radius 3 is 1.62 bits per heavy atom. The van der Waals surface area contributed by atoms with Crippen LogP contribution in [0.5, 0.6) is 0 Å². The van der Waals surface area contributed by atoms with Gasteiger partial charge in [-0.15, -0.1) is 0 Å². The van der Waals surface area contributed by atoms with Crippen LogP contribution in [0.25, 0.3) is 0 Å². The molecule has 24 heavy (non-hydrogen) atoms. The van der Waals surface area contributed by atoms with Gasteiger partial charge in [0.1, 0.15) is 24.7 Å². The normalized spacial score (nSPS) is 17.8. The maximum atomic E-state index is 8.99. The summed E-state index contributed by atoms with van der Waals surface area (Å²) in [5, 5.41) is 19.4. The second-order valence-electron chi connectivity index (χ2n) is 5.87. The van der Waals surface area contributed by atoms with Gasteiger partial charge in [-0.05, 0) is 12.2 Å². The van der Waals surface area contributed by atoms with Crippen molar-refractivity contribution in [2.24, 2.45) is 5.41 Å². The van der Waals surface area contributed by atoms with Gasteiger partial charge in [-0.3, -0.25) is 0 Å². The molecular formula is C17H22Cl2O4Zr. The molecule has 0 amide bonds. The number of aliphatic hydroxyl groups is 2. The molecule has 2 N–H and O–H groups in total. The molecule has 0 saturated carbocycles. The van der Waals surface area contributed by atoms with Gasteiger partial charge in [0.05, 0.1) is 13.2 Å². The average molecular weight is 452 g/mol. The minimum atomic E-state index is -0.510. The van der Waals surface area contributed by atoms with Crippen LogP contribution < -0.4 is 0 Å². The first-order valence-electron chi connectivity index (χ1n) is 7.60. The molecule has 4 nitrogen and oxygen atoms in total. The van der Waals surface area contributed by atoms with Crippen LogP contribution in [0.4, 0.5) is 0 Å². The van der Waals surface area contributed by atoms with Crippen LogP contribution in [0.3, 0.4) is 0 Å². The predicted octanol–water partition coefficient (Wildman–Crippen LogP) is 3.59. The van der Waals surface area contributed by atoms with Crippen LogP contribution in [0, 0.1) is 5.41 Å². The number of hydrogen-bond donors (Lipinski definition) is 2. The van der Waals surface area contributed by atoms with Gasteiger partial charge in [0.2, 0.25) is 0 Å². The predicted molar refractivity (Wildman–Crippen MR) is 91.0 cm³/mol. The summed E-state index contributed by atoms with van der Waals surface area (Å²) < 4.78 is 11.3. The van der Waals surface area contributed by atoms with E-state index in [-0.39, 0.29) is 52.6 Å². The molecule has 2 aliphatic carbocycles. The molecule has 0 heterocycles. The summed E-state index contributed by atoms with van der Waals surface area (Å²) in [5.74, 6) is 1.36. The molecule has 0 bridgehead atoms. The summed E-state index contributed by atoms with van der Waals surface area (Å²) >= 11 is 12.9. The molecule has 0 radical (unpaired) electrons. The van der Waals surface area contributed by atoms with E-state index in [1.165, 1.54) is 0 Å². The fraction of sp³-hybridized carbons (Fsp3) is 0.529. The van der Waals surface area contributed by atoms with Crippen molar-refractivity contribution in [3.63, 3.8) is 0 Å². The van der Waals surface area contributed by atoms with Crippen molar-refractivity contribution in [2.75, 3.05) is 26.4 Å². The smallest absolute Gasteiger partial charge is 0.121 e. The van der Waals surface area contributed by atoms with E-state index >= 15 is 0 Å². The van der Waals surface area contributed by atoms with Gasteiger partial charge in [-0.25, -0.2) is 0 Å². The van der Waals surface area contributed by atoms with Crippen LogP contribution in [-0.4, -0.2) is 36.6 Å². The largest absolute Gasteiger partial charge is 0.491 e. The first-order valence-corrected chi connectivity index (χ1v) is 8.35. The molecule has 0 atom stereocenters. The van der Waals surface area contributed by atoms with Crippen LogP contribution >= 0.6 is 23.2 Å². The summed E-state index contributed by atoms with van der Waals surface area (Å²) in [7, 11) is 0. The Morgan fingerprint density at radius 2 is 1.29 bits per heavy atom. The fourth-order valence-corrected chi connectivity index (χ4v) is 3.85. The van der Waals surface area contributed by atoms with Gasteiger partial charge in [0.25, 0.3) is 0 Å². The molecule has 0 unspecified atom stereocenters. The van der Waals surface area contributed by atoms with E-state index in [0.717, 1.165) is 11.1 Å². The van der Waals surface area contributed by atoms with E-state index in [2.05, 4.69) is 0 Å². The Bertz CT molecular complexity index is 541. The third-order valence-corrected chi connectivity index (χ3v) is 4.60. The van der Waals surface area contributed by atoms with Crippen molar-refractivity contribution in [2.45, 2.75) is 26.7 Å². The first kappa shape index (κ1) is 22.0. The number of hydrogen-bond acceptors (Lipinski definition) is 4. The number of allylic oxidation sites excluding steroid dienone is 6. The maximum Gasteiger partial charge on any atom is 0.121 e. The second-order valence-corrected chi connectivity index (χ2v) is 6.79. The Balaban J connectivity index is 0.00000288. The van der Waals surface area contributed by atoms with E-state index in [1.54, 1.807) is 0 Å². The van der Waals surface area contributed by atoms with Crippen molar-refractivity contribution < 1.29 is 45.9 Å². The Morgan fingerprint density at radius 1 is 0.917 bits per heavy atom. The van der Waals surface area contributed by atoms with Gasteiger partial charge in [0, 0.05) is 65.7 Å². The number of halogens is 2. The molecular weight excluding hydrogens is 430 g/mol. The van der Waals surface area contributed by atoms with Gasteiger partial charge < -0.3 is 19.7 Å². The van der Waals surface area contributed by atoms with Gasteiger partial charge >= 0.3 is 0 Å². The Kier molecular flexibility index (Phi) is 8.78. The molecule has 0 aromatic heterocycles. The number of ether oxygens (including phenoxy) is 2. The first-order chi connectivity index (χ1) is 10.9. The van der Waals surface area contributed by atoms with E-state index in [4.69, 9.17) is 42.9 Å². The van der Waals surface area contributed by atoms with Gasteiger partial charge in [-0.2, -0.15) is 0 Å². The SMILES string of the molecule is CC(C)(C1=C(Cl)CC=C1OCCO)C1=C(Cl)CC=C1OCCO.[Zr]. The van der Waals surface area contributed by atoms with E-state index in [0.29, 0.717) is 34.4 Å². The zero-order valence-corrected chi connectivity index (χ0v) is 17.8. The Labute approximate surface area is 171 Å². The molecule has 0 saturated heterocycles. The molecule has 0 aromatic rings. The van der Waals surface area contributed by atoms with Crippen LogP contribution in [0.2, 0.25) is 0 Å². The molecule has 7 heteroatoms. The minimum absolute atomic E-state index is 0. The van der Waals surface area contributed by atoms with Crippen molar-refractivity contribution in [3.05, 3.63) is 44.9 Å². The quantitative estimate of drug-likeness (QED) is 0.591. The van der Waals surface area contributed by atoms with Gasteiger partial charge in [-0.1, -0.05) is 37.0 Å². The average Bonchev–Trinajstić information content (AvgIpc) is 3.06. The van der Waals surface area contributed by atoms with Crippen molar-refractivity contribution in [3.8, 4) is 0 Å². The zero-order chi connectivity index (χ0) is 17.0. The van der Waals surface area contributed by atoms with Crippen LogP contribution in [-0.2, 0) is 35.7 Å². The molecule has 2 rings (SSSR count). The van der Waals surface area contributed by atoms with E-state index < -0.39 is 5.41 Å². The third-order valence-electron chi connectivity index (χ3n) is 3.92. The summed E-state index contributed by atoms with van der Waals surface area (Å²) in [6.45, 7) is 4.35. The van der Waals surface area contributed by atoms with Crippen LogP contribution in [0.15, 0.2) is 44.9 Å². The van der Waals surface area contributed by atoms with E-state index in [1.807, 2.05) is 26.0 Å². The molecule has 0 spiro atoms. The molecule has 132 valence electrons. The molecule has 2 aliphatic rings. The maximum absolute atomic E-state index is 8.99. The summed E-state index contributed by atoms with van der Waals surface area (Å²) in [6.07, 6.45) is 5.03. The fourth-order valence-electron chi connectivity index (χ4n) is 3.03. The number of rotatable bonds is 8. The van der Waals surface area contributed by atoms with Crippen molar-refractivity contribution in [1.82, 2.24) is 0 Å². The van der Waals surface area contributed by atoms with Crippen molar-refractivity contribution >= 4 is 23.2 Å². The zero-order valence-electron chi connectivity index (χ0n) is 13.9. The molecule has 0 fully saturated rings. The summed E-state index contributed by atoms with van der Waals surface area (Å²) in [6, 6.07) is 0. The number of aliphatic hydroxyl groups excluding tert-OH is 2. The standard InChI is InChI=1S/C17H22Cl2O4.Zr/c1-17(2,15-11(18)3-5-13(15)22-9-7-20)16-12(19)4-6-14(16)23-10-8-21;/h5-6,20-21H,3-4,7-10H2,1-2H3;. The van der Waals surface area contributed by atoms with Crippen LogP contribution in [0.1, 0.15) is 26.7 Å². The minimum Gasteiger partial charge on any atom is -0.491 e. The Hall–Kier alpha value is -0.0569. The molecule has 0 aromatic carbocycles. The second kappa shape index (κ2) is 9.59. The van der Waals surface area contributed by atoms with Crippen molar-refractivity contribution in [1.29, 1.82) is 0 Å². The molecule has 0 aliphatic heterocycles. The summed E-state index contributed by atoms with van der Waals surface area (Å²) in [5.41, 5.74) is 1.21. The topological polar surface area (TPSA) is 58.9 Å². The van der Waals surface area contributed by atoms with Gasteiger partial charge in [0.15, 0.2) is 0 Å².